The number of benzene rings is 2. The molecule has 0 bridgehead atoms. The van der Waals surface area contributed by atoms with Crippen LogP contribution in [0.4, 0.5) is 0 Å². The van der Waals surface area contributed by atoms with Crippen LogP contribution in [-0.2, 0) is 9.53 Å². The predicted octanol–water partition coefficient (Wildman–Crippen LogP) is 2.61. The summed E-state index contributed by atoms with van der Waals surface area (Å²) in [5.41, 5.74) is 6.91. The first-order valence-corrected chi connectivity index (χ1v) is 7.37. The fourth-order valence-corrected chi connectivity index (χ4v) is 3.05. The van der Waals surface area contributed by atoms with Gasteiger partial charge in [0, 0.05) is 5.56 Å². The highest BCUT2D eigenvalue weighted by molar-refractivity contribution is 7.21. The van der Waals surface area contributed by atoms with Crippen LogP contribution < -0.4 is 5.73 Å². The van der Waals surface area contributed by atoms with Gasteiger partial charge in [0.2, 0.25) is 0 Å². The van der Waals surface area contributed by atoms with Crippen molar-refractivity contribution in [1.29, 1.82) is 0 Å². The first kappa shape index (κ1) is 14.2. The number of hydrogen-bond acceptors (Lipinski definition) is 5. The van der Waals surface area contributed by atoms with Crippen molar-refractivity contribution in [1.82, 2.24) is 4.98 Å². The molecule has 3 rings (SSSR count). The molecule has 0 spiro atoms. The Balaban J connectivity index is 2.00. The maximum Gasteiger partial charge on any atom is 0.339 e. The number of thiazole rings is 1. The largest absolute Gasteiger partial charge is 0.452 e. The van der Waals surface area contributed by atoms with Gasteiger partial charge in [0.05, 0.1) is 15.8 Å². The molecule has 1 aromatic heterocycles. The molecule has 0 atom stereocenters. The number of carbonyl (C=O) groups excluding carboxylic acids is 2. The van der Waals surface area contributed by atoms with E-state index in [1.807, 2.05) is 30.3 Å². The molecule has 0 aliphatic rings. The molecule has 3 aromatic rings. The Morgan fingerprint density at radius 3 is 2.59 bits per heavy atom. The third-order valence-corrected chi connectivity index (χ3v) is 4.09. The summed E-state index contributed by atoms with van der Waals surface area (Å²) in [5.74, 6) is -1.28. The Hall–Kier alpha value is -2.73. The zero-order chi connectivity index (χ0) is 15.5. The van der Waals surface area contributed by atoms with Gasteiger partial charge in [0.1, 0.15) is 5.01 Å². The van der Waals surface area contributed by atoms with Crippen LogP contribution in [0.3, 0.4) is 0 Å². The summed E-state index contributed by atoms with van der Waals surface area (Å²) < 4.78 is 5.93. The fourth-order valence-electron chi connectivity index (χ4n) is 2.05. The smallest absolute Gasteiger partial charge is 0.339 e. The molecule has 6 heteroatoms. The molecule has 1 heterocycles. The summed E-state index contributed by atoms with van der Waals surface area (Å²) in [6, 6.07) is 14.8. The van der Waals surface area contributed by atoms with Crippen LogP contribution in [-0.4, -0.2) is 23.5 Å². The number of fused-ring (bicyclic) bond motifs is 1. The normalized spacial score (nSPS) is 10.5. The Kier molecular flexibility index (Phi) is 3.84. The SMILES string of the molecule is NC(=O)COC(=O)c1ccccc1-c1nc2ccccc2s1. The molecule has 0 aliphatic carbocycles. The summed E-state index contributed by atoms with van der Waals surface area (Å²) in [4.78, 5) is 27.4. The quantitative estimate of drug-likeness (QED) is 0.751. The second kappa shape index (κ2) is 5.95. The molecule has 0 unspecified atom stereocenters. The number of carbonyl (C=O) groups is 2. The van der Waals surface area contributed by atoms with E-state index < -0.39 is 18.5 Å². The Labute approximate surface area is 130 Å². The average molecular weight is 312 g/mol. The van der Waals surface area contributed by atoms with E-state index in [0.717, 1.165) is 15.2 Å². The van der Waals surface area contributed by atoms with E-state index in [1.54, 1.807) is 18.2 Å². The Bertz CT molecular complexity index is 824. The zero-order valence-corrected chi connectivity index (χ0v) is 12.3. The summed E-state index contributed by atoms with van der Waals surface area (Å²) in [6.07, 6.45) is 0. The number of esters is 1. The predicted molar refractivity (Wildman–Crippen MR) is 84.5 cm³/mol. The molecule has 2 aromatic carbocycles. The standard InChI is InChI=1S/C16H12N2O3S/c17-14(19)9-21-16(20)11-6-2-1-5-10(11)15-18-12-7-3-4-8-13(12)22-15/h1-8H,9H2,(H2,17,19). The highest BCUT2D eigenvalue weighted by Gasteiger charge is 2.17. The van der Waals surface area contributed by atoms with Crippen molar-refractivity contribution < 1.29 is 14.3 Å². The number of amides is 1. The number of nitrogens with two attached hydrogens (primary N) is 1. The summed E-state index contributed by atoms with van der Waals surface area (Å²) in [5, 5.41) is 0.729. The van der Waals surface area contributed by atoms with Gasteiger partial charge in [-0.05, 0) is 18.2 Å². The van der Waals surface area contributed by atoms with Gasteiger partial charge in [0.25, 0.3) is 5.91 Å². The molecule has 110 valence electrons. The number of ether oxygens (including phenoxy) is 1. The van der Waals surface area contributed by atoms with E-state index in [2.05, 4.69) is 4.98 Å². The van der Waals surface area contributed by atoms with Crippen molar-refractivity contribution in [3.8, 4) is 10.6 Å². The zero-order valence-electron chi connectivity index (χ0n) is 11.5. The van der Waals surface area contributed by atoms with E-state index in [0.29, 0.717) is 11.1 Å². The van der Waals surface area contributed by atoms with Crippen molar-refractivity contribution in [3.63, 3.8) is 0 Å². The van der Waals surface area contributed by atoms with Gasteiger partial charge in [-0.3, -0.25) is 4.79 Å². The van der Waals surface area contributed by atoms with E-state index in [-0.39, 0.29) is 0 Å². The number of rotatable bonds is 4. The third-order valence-electron chi connectivity index (χ3n) is 3.02. The first-order valence-electron chi connectivity index (χ1n) is 6.55. The minimum atomic E-state index is -0.689. The monoisotopic (exact) mass is 312 g/mol. The van der Waals surface area contributed by atoms with Gasteiger partial charge in [0.15, 0.2) is 6.61 Å². The molecule has 1 amide bonds. The summed E-state index contributed by atoms with van der Waals surface area (Å²) in [7, 11) is 0. The van der Waals surface area contributed by atoms with Gasteiger partial charge in [-0.1, -0.05) is 30.3 Å². The molecule has 5 nitrogen and oxygen atoms in total. The molecule has 0 radical (unpaired) electrons. The number of aromatic nitrogens is 1. The fraction of sp³-hybridized carbons (Fsp3) is 0.0625. The van der Waals surface area contributed by atoms with E-state index in [1.165, 1.54) is 11.3 Å². The number of nitrogens with zero attached hydrogens (tertiary/aromatic N) is 1. The van der Waals surface area contributed by atoms with Crippen LogP contribution in [0.2, 0.25) is 0 Å². The minimum absolute atomic E-state index is 0.364. The van der Waals surface area contributed by atoms with E-state index >= 15 is 0 Å². The van der Waals surface area contributed by atoms with Crippen LogP contribution in [0.5, 0.6) is 0 Å². The Morgan fingerprint density at radius 2 is 1.82 bits per heavy atom. The summed E-state index contributed by atoms with van der Waals surface area (Å²) in [6.45, 7) is -0.437. The van der Waals surface area contributed by atoms with Gasteiger partial charge in [-0.15, -0.1) is 11.3 Å². The van der Waals surface area contributed by atoms with Crippen molar-refractivity contribution in [2.24, 2.45) is 5.73 Å². The Morgan fingerprint density at radius 1 is 1.09 bits per heavy atom. The van der Waals surface area contributed by atoms with Crippen LogP contribution in [0.25, 0.3) is 20.8 Å². The van der Waals surface area contributed by atoms with Gasteiger partial charge in [-0.2, -0.15) is 0 Å². The lowest BCUT2D eigenvalue weighted by Gasteiger charge is -2.06. The van der Waals surface area contributed by atoms with E-state index in [9.17, 15) is 9.59 Å². The second-order valence-corrected chi connectivity index (χ2v) is 5.61. The van der Waals surface area contributed by atoms with Gasteiger partial charge in [-0.25, -0.2) is 9.78 Å². The molecule has 22 heavy (non-hydrogen) atoms. The molecular weight excluding hydrogens is 300 g/mol. The van der Waals surface area contributed by atoms with Crippen LogP contribution in [0.15, 0.2) is 48.5 Å². The topological polar surface area (TPSA) is 82.3 Å². The maximum absolute atomic E-state index is 12.1. The molecule has 0 aliphatic heterocycles. The number of hydrogen-bond donors (Lipinski definition) is 1. The first-order chi connectivity index (χ1) is 10.6. The van der Waals surface area contributed by atoms with Crippen molar-refractivity contribution >= 4 is 33.4 Å². The molecule has 0 fully saturated rings. The van der Waals surface area contributed by atoms with E-state index in [4.69, 9.17) is 10.5 Å². The molecular formula is C16H12N2O3S. The molecule has 0 saturated carbocycles. The highest BCUT2D eigenvalue weighted by atomic mass is 32.1. The second-order valence-electron chi connectivity index (χ2n) is 4.57. The average Bonchev–Trinajstić information content (AvgIpc) is 2.96. The maximum atomic E-state index is 12.1. The van der Waals surface area contributed by atoms with Crippen molar-refractivity contribution in [2.45, 2.75) is 0 Å². The van der Waals surface area contributed by atoms with Crippen LogP contribution >= 0.6 is 11.3 Å². The van der Waals surface area contributed by atoms with Crippen LogP contribution in [0.1, 0.15) is 10.4 Å². The highest BCUT2D eigenvalue weighted by Crippen LogP contribution is 2.32. The lowest BCUT2D eigenvalue weighted by atomic mass is 10.1. The van der Waals surface area contributed by atoms with Crippen molar-refractivity contribution in [3.05, 3.63) is 54.1 Å². The lowest BCUT2D eigenvalue weighted by molar-refractivity contribution is -0.121. The van der Waals surface area contributed by atoms with Gasteiger partial charge < -0.3 is 10.5 Å². The number of primary amides is 1. The van der Waals surface area contributed by atoms with Crippen molar-refractivity contribution in [2.75, 3.05) is 6.61 Å². The third kappa shape index (κ3) is 2.82. The number of para-hydroxylation sites is 1. The summed E-state index contributed by atoms with van der Waals surface area (Å²) >= 11 is 1.50. The molecule has 0 saturated heterocycles. The lowest BCUT2D eigenvalue weighted by Crippen LogP contribution is -2.21. The van der Waals surface area contributed by atoms with Gasteiger partial charge >= 0.3 is 5.97 Å². The minimum Gasteiger partial charge on any atom is -0.452 e. The van der Waals surface area contributed by atoms with Crippen LogP contribution in [0, 0.1) is 0 Å². The molecule has 2 N–H and O–H groups in total.